The molecule has 1 rings (SSSR count). The first-order valence-corrected chi connectivity index (χ1v) is 7.95. The Morgan fingerprint density at radius 1 is 1.32 bits per heavy atom. The summed E-state index contributed by atoms with van der Waals surface area (Å²) in [7, 11) is 0. The fourth-order valence-corrected chi connectivity index (χ4v) is 1.83. The Labute approximate surface area is 139 Å². The van der Waals surface area contributed by atoms with Crippen molar-refractivity contribution in [3.63, 3.8) is 0 Å². The van der Waals surface area contributed by atoms with Crippen LogP contribution in [-0.2, 0) is 6.42 Å². The van der Waals surface area contributed by atoms with E-state index in [0.29, 0.717) is 16.3 Å². The third-order valence-electron chi connectivity index (χ3n) is 2.96. The van der Waals surface area contributed by atoms with Crippen LogP contribution in [-0.4, -0.2) is 5.91 Å². The van der Waals surface area contributed by atoms with E-state index < -0.39 is 0 Å². The molecule has 0 fully saturated rings. The molecule has 1 N–H and O–H groups in total. The van der Waals surface area contributed by atoms with Crippen molar-refractivity contribution in [2.75, 3.05) is 0 Å². The van der Waals surface area contributed by atoms with E-state index >= 15 is 0 Å². The SMILES string of the molecule is C=C(/C=C\C(C)=C/C)NC(=O)c1ccc(CC)cc1Cl.CC. The quantitative estimate of drug-likeness (QED) is 0.693. The van der Waals surface area contributed by atoms with Crippen LogP contribution in [0.2, 0.25) is 5.02 Å². The molecule has 2 nitrogen and oxygen atoms in total. The first kappa shape index (κ1) is 20.2. The lowest BCUT2D eigenvalue weighted by atomic mass is 10.1. The minimum Gasteiger partial charge on any atom is -0.323 e. The molecule has 22 heavy (non-hydrogen) atoms. The second kappa shape index (κ2) is 10.9. The zero-order chi connectivity index (χ0) is 17.1. The predicted octanol–water partition coefficient (Wildman–Crippen LogP) is 5.69. The highest BCUT2D eigenvalue weighted by Crippen LogP contribution is 2.18. The number of carbonyl (C=O) groups is 1. The summed E-state index contributed by atoms with van der Waals surface area (Å²) >= 11 is 6.12. The first-order valence-electron chi connectivity index (χ1n) is 7.57. The van der Waals surface area contributed by atoms with Gasteiger partial charge in [0.15, 0.2) is 0 Å². The van der Waals surface area contributed by atoms with Gasteiger partial charge in [-0.05, 0) is 44.0 Å². The van der Waals surface area contributed by atoms with Crippen LogP contribution in [0.15, 0.2) is 54.3 Å². The van der Waals surface area contributed by atoms with E-state index in [4.69, 9.17) is 11.6 Å². The van der Waals surface area contributed by atoms with Crippen molar-refractivity contribution in [3.8, 4) is 0 Å². The van der Waals surface area contributed by atoms with Crippen LogP contribution in [0, 0.1) is 0 Å². The largest absolute Gasteiger partial charge is 0.323 e. The molecule has 0 aliphatic rings. The van der Waals surface area contributed by atoms with Crippen molar-refractivity contribution in [2.45, 2.75) is 41.0 Å². The van der Waals surface area contributed by atoms with Gasteiger partial charge in [-0.3, -0.25) is 4.79 Å². The van der Waals surface area contributed by atoms with Gasteiger partial charge in [0.25, 0.3) is 5.91 Å². The molecule has 120 valence electrons. The summed E-state index contributed by atoms with van der Waals surface area (Å²) in [5.74, 6) is -0.245. The van der Waals surface area contributed by atoms with Crippen LogP contribution in [0.5, 0.6) is 0 Å². The standard InChI is InChI=1S/C17H20ClNO.C2H6/c1-5-12(3)7-8-13(4)19-17(20)15-10-9-14(6-2)11-16(15)18;1-2/h5,7-11H,4,6H2,1-3H3,(H,19,20);1-2H3/b8-7-,12-5-;. The van der Waals surface area contributed by atoms with Crippen LogP contribution < -0.4 is 5.32 Å². The topological polar surface area (TPSA) is 29.1 Å². The molecule has 1 aromatic rings. The molecule has 0 heterocycles. The number of amides is 1. The number of benzene rings is 1. The number of hydrogen-bond acceptors (Lipinski definition) is 1. The molecule has 0 aliphatic heterocycles. The predicted molar refractivity (Wildman–Crippen MR) is 97.4 cm³/mol. The van der Waals surface area contributed by atoms with Crippen molar-refractivity contribution in [3.05, 3.63) is 70.4 Å². The second-order valence-corrected chi connectivity index (χ2v) is 4.92. The fourth-order valence-electron chi connectivity index (χ4n) is 1.55. The molecule has 0 spiro atoms. The molecule has 0 saturated carbocycles. The van der Waals surface area contributed by atoms with Crippen LogP contribution in [0.25, 0.3) is 0 Å². The van der Waals surface area contributed by atoms with Gasteiger partial charge >= 0.3 is 0 Å². The molecule has 0 bridgehead atoms. The van der Waals surface area contributed by atoms with Crippen molar-refractivity contribution in [1.82, 2.24) is 5.32 Å². The number of nitrogens with one attached hydrogen (secondary N) is 1. The molecule has 0 atom stereocenters. The molecular weight excluding hydrogens is 294 g/mol. The Kier molecular flexibility index (Phi) is 9.97. The van der Waals surface area contributed by atoms with Crippen LogP contribution in [0.1, 0.15) is 50.5 Å². The van der Waals surface area contributed by atoms with Crippen LogP contribution in [0.3, 0.4) is 0 Å². The fraction of sp³-hybridized carbons (Fsp3) is 0.316. The number of hydrogen-bond donors (Lipinski definition) is 1. The minimum atomic E-state index is -0.245. The Balaban J connectivity index is 0.00000211. The third-order valence-corrected chi connectivity index (χ3v) is 3.28. The van der Waals surface area contributed by atoms with Gasteiger partial charge in [-0.2, -0.15) is 0 Å². The molecular formula is C19H26ClNO. The van der Waals surface area contributed by atoms with Gasteiger partial charge in [-0.15, -0.1) is 0 Å². The van der Waals surface area contributed by atoms with E-state index in [9.17, 15) is 4.79 Å². The number of rotatable bonds is 5. The summed E-state index contributed by atoms with van der Waals surface area (Å²) in [5.41, 5.74) is 3.20. The lowest BCUT2D eigenvalue weighted by Crippen LogP contribution is -2.21. The molecule has 1 amide bonds. The van der Waals surface area contributed by atoms with E-state index in [2.05, 4.69) is 11.9 Å². The van der Waals surface area contributed by atoms with Gasteiger partial charge in [0.2, 0.25) is 0 Å². The third kappa shape index (κ3) is 6.77. The van der Waals surface area contributed by atoms with Crippen LogP contribution >= 0.6 is 11.6 Å². The average molecular weight is 320 g/mol. The van der Waals surface area contributed by atoms with E-state index in [-0.39, 0.29) is 5.91 Å². The van der Waals surface area contributed by atoms with Crippen molar-refractivity contribution >= 4 is 17.5 Å². The number of allylic oxidation sites excluding steroid dienone is 4. The smallest absolute Gasteiger partial charge is 0.257 e. The maximum Gasteiger partial charge on any atom is 0.257 e. The highest BCUT2D eigenvalue weighted by molar-refractivity contribution is 6.34. The van der Waals surface area contributed by atoms with Gasteiger partial charge in [0.1, 0.15) is 0 Å². The molecule has 1 aromatic carbocycles. The van der Waals surface area contributed by atoms with Crippen molar-refractivity contribution < 1.29 is 4.79 Å². The molecule has 0 unspecified atom stereocenters. The molecule has 0 saturated heterocycles. The van der Waals surface area contributed by atoms with E-state index in [1.165, 1.54) is 0 Å². The van der Waals surface area contributed by atoms with Gasteiger partial charge in [0, 0.05) is 5.70 Å². The number of aryl methyl sites for hydroxylation is 1. The monoisotopic (exact) mass is 319 g/mol. The summed E-state index contributed by atoms with van der Waals surface area (Å²) in [6, 6.07) is 5.47. The Morgan fingerprint density at radius 3 is 2.45 bits per heavy atom. The lowest BCUT2D eigenvalue weighted by Gasteiger charge is -2.07. The number of halogens is 1. The zero-order valence-corrected chi connectivity index (χ0v) is 14.9. The van der Waals surface area contributed by atoms with Gasteiger partial charge in [-0.25, -0.2) is 0 Å². The Morgan fingerprint density at radius 2 is 1.95 bits per heavy atom. The summed E-state index contributed by atoms with van der Waals surface area (Å²) in [6.45, 7) is 13.8. The van der Waals surface area contributed by atoms with Gasteiger partial charge in [0.05, 0.1) is 10.6 Å². The van der Waals surface area contributed by atoms with Gasteiger partial charge in [-0.1, -0.05) is 62.7 Å². The first-order chi connectivity index (χ1) is 10.5. The van der Waals surface area contributed by atoms with Crippen molar-refractivity contribution in [2.24, 2.45) is 0 Å². The molecule has 0 aromatic heterocycles. The summed E-state index contributed by atoms with van der Waals surface area (Å²) in [6.07, 6.45) is 6.53. The molecule has 0 radical (unpaired) electrons. The summed E-state index contributed by atoms with van der Waals surface area (Å²) in [5, 5.41) is 3.18. The minimum absolute atomic E-state index is 0.245. The van der Waals surface area contributed by atoms with Crippen molar-refractivity contribution in [1.29, 1.82) is 0 Å². The Bertz CT molecular complexity index is 571. The molecule has 3 heteroatoms. The number of carbonyl (C=O) groups excluding carboxylic acids is 1. The second-order valence-electron chi connectivity index (χ2n) is 4.51. The van der Waals surface area contributed by atoms with Crippen LogP contribution in [0.4, 0.5) is 0 Å². The lowest BCUT2D eigenvalue weighted by molar-refractivity contribution is 0.0967. The van der Waals surface area contributed by atoms with E-state index in [1.54, 1.807) is 12.1 Å². The Hall–Kier alpha value is -1.80. The summed E-state index contributed by atoms with van der Waals surface area (Å²) < 4.78 is 0. The maximum absolute atomic E-state index is 12.1. The van der Waals surface area contributed by atoms with E-state index in [0.717, 1.165) is 17.6 Å². The van der Waals surface area contributed by atoms with E-state index in [1.807, 2.05) is 58.9 Å². The normalized spacial score (nSPS) is 10.9. The molecule has 0 aliphatic carbocycles. The average Bonchev–Trinajstić information content (AvgIpc) is 2.53. The maximum atomic E-state index is 12.1. The highest BCUT2D eigenvalue weighted by atomic mass is 35.5. The zero-order valence-electron chi connectivity index (χ0n) is 14.2. The summed E-state index contributed by atoms with van der Waals surface area (Å²) in [4.78, 5) is 12.1. The highest BCUT2D eigenvalue weighted by Gasteiger charge is 2.10. The van der Waals surface area contributed by atoms with Gasteiger partial charge < -0.3 is 5.32 Å².